The quantitative estimate of drug-likeness (QED) is 0.0926. The molecule has 11 nitrogen and oxygen atoms in total. The maximum Gasteiger partial charge on any atom is 0.569 e. The first kappa shape index (κ1) is 95.1. The van der Waals surface area contributed by atoms with Crippen LogP contribution in [0.5, 0.6) is 5.75 Å². The van der Waals surface area contributed by atoms with Crippen LogP contribution in [0.4, 0.5) is 0 Å². The molecular formula is C117H86B2Br5I2N6O5. The van der Waals surface area contributed by atoms with Crippen LogP contribution in [-0.4, -0.2) is 66.3 Å². The van der Waals surface area contributed by atoms with Crippen molar-refractivity contribution in [3.8, 4) is 34.6 Å². The van der Waals surface area contributed by atoms with E-state index in [2.05, 4.69) is 524 Å². The number of benzene rings is 20. The van der Waals surface area contributed by atoms with E-state index < -0.39 is 7.12 Å². The number of H-pyrrole nitrogens is 1. The first-order valence-corrected chi connectivity index (χ1v) is 50.3. The normalized spacial score (nSPS) is 11.5. The van der Waals surface area contributed by atoms with Crippen LogP contribution in [0.25, 0.3) is 186 Å². The molecule has 1 fully saturated rings. The minimum Gasteiger partial charge on any atom is -0.537 e. The second-order valence-corrected chi connectivity index (χ2v) is 39.5. The highest BCUT2D eigenvalue weighted by molar-refractivity contribution is 14.1. The summed E-state index contributed by atoms with van der Waals surface area (Å²) in [6.07, 6.45) is 2.56. The molecule has 5 aromatic heterocycles. The first-order chi connectivity index (χ1) is 66.5. The van der Waals surface area contributed by atoms with E-state index in [9.17, 15) is 10.0 Å². The van der Waals surface area contributed by atoms with Crippen LogP contribution in [0.3, 0.4) is 0 Å². The van der Waals surface area contributed by atoms with Crippen molar-refractivity contribution in [1.29, 1.82) is 5.26 Å². The second kappa shape index (κ2) is 43.2. The van der Waals surface area contributed by atoms with Crippen molar-refractivity contribution in [2.45, 2.75) is 27.2 Å². The lowest BCUT2D eigenvalue weighted by molar-refractivity contribution is 0.198. The third-order valence-corrected chi connectivity index (χ3v) is 29.5. The molecule has 0 atom stereocenters. The van der Waals surface area contributed by atoms with Gasteiger partial charge in [-0.05, 0) is 325 Å². The second-order valence-electron chi connectivity index (χ2n) is 32.7. The van der Waals surface area contributed by atoms with Crippen LogP contribution in [0.15, 0.2) is 429 Å². The summed E-state index contributed by atoms with van der Waals surface area (Å²) in [6, 6.07) is 144. The van der Waals surface area contributed by atoms with Crippen LogP contribution in [0.1, 0.15) is 27.2 Å². The fraction of sp³-hybridized carbons (Fsp3) is 0.0513. The third kappa shape index (κ3) is 20.3. The van der Waals surface area contributed by atoms with E-state index in [0.717, 1.165) is 64.0 Å². The summed E-state index contributed by atoms with van der Waals surface area (Å²) < 4.78 is 26.8. The minimum atomic E-state index is -1.50. The summed E-state index contributed by atoms with van der Waals surface area (Å²) in [5.74, 6) is 0.573. The third-order valence-electron chi connectivity index (χ3n) is 24.3. The van der Waals surface area contributed by atoms with Gasteiger partial charge in [0, 0.05) is 133 Å². The average molecular weight is 2330 g/mol. The molecule has 0 bridgehead atoms. The highest BCUT2D eigenvalue weighted by atomic mass is 127. The molecule has 1 aliphatic rings. The predicted molar refractivity (Wildman–Crippen MR) is 613 cm³/mol. The van der Waals surface area contributed by atoms with Gasteiger partial charge in [-0.3, -0.25) is 0 Å². The maximum absolute atomic E-state index is 9.53. The molecule has 669 valence electrons. The smallest absolute Gasteiger partial charge is 0.537 e. The lowest BCUT2D eigenvalue weighted by Crippen LogP contribution is -2.30. The van der Waals surface area contributed by atoms with Gasteiger partial charge in [0.1, 0.15) is 5.75 Å². The van der Waals surface area contributed by atoms with Gasteiger partial charge in [0.2, 0.25) is 0 Å². The molecule has 0 saturated carbocycles. The van der Waals surface area contributed by atoms with E-state index in [4.69, 9.17) is 19.7 Å². The zero-order chi connectivity index (χ0) is 93.5. The number of aromatic nitrogens is 5. The number of fused-ring (bicyclic) bond motifs is 20. The number of nitriles is 1. The molecule has 1 saturated heterocycles. The molecule has 4 N–H and O–H groups in total. The summed E-state index contributed by atoms with van der Waals surface area (Å²) in [4.78, 5) is 3.38. The summed E-state index contributed by atoms with van der Waals surface area (Å²) in [7, 11) is -0.802. The Morgan fingerprint density at radius 2 is 0.613 bits per heavy atom. The molecule has 1 aliphatic heterocycles. The number of para-hydroxylation sites is 10. The summed E-state index contributed by atoms with van der Waals surface area (Å²) in [6.45, 7) is 3.43. The van der Waals surface area contributed by atoms with Crippen molar-refractivity contribution < 1.29 is 24.5 Å². The highest BCUT2D eigenvalue weighted by Crippen LogP contribution is 2.41. The van der Waals surface area contributed by atoms with Crippen LogP contribution >= 0.6 is 125 Å². The van der Waals surface area contributed by atoms with E-state index in [1.165, 1.54) is 180 Å². The van der Waals surface area contributed by atoms with E-state index in [1.54, 1.807) is 12.1 Å². The number of nitrogens with one attached hydrogen (secondary N) is 1. The monoisotopic (exact) mass is 2330 g/mol. The van der Waals surface area contributed by atoms with Gasteiger partial charge in [-0.25, -0.2) is 0 Å². The van der Waals surface area contributed by atoms with Crippen molar-refractivity contribution in [1.82, 2.24) is 23.3 Å². The van der Waals surface area contributed by atoms with Crippen molar-refractivity contribution in [2.24, 2.45) is 0 Å². The molecule has 0 spiro atoms. The molecule has 25 aromatic rings. The largest absolute Gasteiger partial charge is 0.569 e. The molecular weight excluding hydrogens is 2240 g/mol. The van der Waals surface area contributed by atoms with Crippen molar-refractivity contribution in [3.05, 3.63) is 436 Å². The van der Waals surface area contributed by atoms with Gasteiger partial charge >= 0.3 is 14.8 Å². The highest BCUT2D eigenvalue weighted by Gasteiger charge is 2.21. The number of hydrogen-bond acceptors (Lipinski definition) is 6. The predicted octanol–water partition coefficient (Wildman–Crippen LogP) is 33.5. The Labute approximate surface area is 862 Å². The fourth-order valence-electron chi connectivity index (χ4n) is 18.1. The van der Waals surface area contributed by atoms with Crippen LogP contribution < -0.4 is 10.1 Å². The lowest BCUT2D eigenvalue weighted by atomic mass is 9.79. The van der Waals surface area contributed by atoms with Crippen molar-refractivity contribution in [2.75, 3.05) is 13.2 Å². The van der Waals surface area contributed by atoms with E-state index >= 15 is 0 Å². The summed E-state index contributed by atoms with van der Waals surface area (Å²) in [5, 5.41) is 59.8. The standard InChI is InChI=1S/C22H15BBrNO2.C22H14BBrNO2.C22H13BrIN.C22H14BrN.C12H9N.C10H6BrI.C4H8O.C2H3N.CH4/c24-20-13-15-11-16(10-9-14(15)12-19(20)23(26)27)25-21-7-3-1-5-17(21)18-6-2-4-8-22(18)25;24-19-12-14-9-10-16(11-15(14)13-22(19)27-23-26)25-20-7-3-1-5-17(20)18-6-2-4-8-21(18)25;23-19-12-15-11-16(10-9-14(15)13-20(19)24)25-21-7-3-1-5-17(21)18-6-2-4-8-22(18)25;23-17-11-9-15-10-12-18(14-16(15)13-17)24-21-7-3-1-5-19(21)20-6-2-4-8-22(20)24;1-3-7-11-9(5-1)10-6-2-4-8-12(10)13-11;11-9-3-1-7-2-4-10(12)6-8(7)5-9;1-2-4-5-3-1;1-2-3;/h1-13,26-27H;1-13,26H;1-13H;1-14H;1-8,13H;1-6H;1-4H2;1H3;1H4. The van der Waals surface area contributed by atoms with Crippen LogP contribution in [0, 0.1) is 18.5 Å². The van der Waals surface area contributed by atoms with Gasteiger partial charge < -0.3 is 47.7 Å². The maximum atomic E-state index is 9.53. The zero-order valence-corrected chi connectivity index (χ0v) is 85.5. The Bertz CT molecular complexity index is 8550. The summed E-state index contributed by atoms with van der Waals surface area (Å²) >= 11 is 22.3. The number of nitrogens with zero attached hydrogens (tertiary/aromatic N) is 5. The van der Waals surface area contributed by atoms with E-state index in [-0.39, 0.29) is 7.43 Å². The van der Waals surface area contributed by atoms with Gasteiger partial charge in [0.05, 0.1) is 54.7 Å². The SMILES string of the molecule is Brc1cc2cc(-n3c4ccccc4c4ccccc43)ccc2cc1I.Brc1ccc2ccc(-n3c4ccccc4c4ccccc43)cc2c1.Brc1ccc2ccc(I)cc2c1.C.C1CCOC1.CC#N.OB(O)c1cc2ccc(-n3c4ccccc4c4ccccc43)cc2cc1Br.O[B]Oc1cc2cc(-n3c4ccccc4c4ccccc43)ccc2cc1Br.c1ccc2c(c1)[nH]c1ccccc12. The van der Waals surface area contributed by atoms with Crippen LogP contribution in [-0.2, 0) is 4.74 Å². The van der Waals surface area contributed by atoms with E-state index in [1.807, 2.05) is 24.3 Å². The zero-order valence-electron chi connectivity index (χ0n) is 73.2. The molecule has 0 amide bonds. The number of aromatic amines is 1. The van der Waals surface area contributed by atoms with Gasteiger partial charge in [0.15, 0.2) is 0 Å². The van der Waals surface area contributed by atoms with Crippen molar-refractivity contribution in [3.63, 3.8) is 0 Å². The summed E-state index contributed by atoms with van der Waals surface area (Å²) in [5.41, 5.74) is 17.1. The molecule has 26 rings (SSSR count). The average Bonchev–Trinajstić information content (AvgIpc) is 1.61. The lowest BCUT2D eigenvalue weighted by Gasteiger charge is -2.11. The Kier molecular flexibility index (Phi) is 30.0. The first-order valence-electron chi connectivity index (χ1n) is 44.2. The molecule has 20 aromatic carbocycles. The Balaban J connectivity index is 0.000000109. The van der Waals surface area contributed by atoms with Gasteiger partial charge in [-0.1, -0.05) is 286 Å². The fourth-order valence-corrected chi connectivity index (χ4v) is 21.3. The Morgan fingerprint density at radius 1 is 0.328 bits per heavy atom. The minimum absolute atomic E-state index is 0. The molecule has 6 heterocycles. The molecule has 137 heavy (non-hydrogen) atoms. The molecule has 1 radical (unpaired) electrons. The number of hydrogen-bond donors (Lipinski definition) is 4. The Hall–Kier alpha value is -12.2. The van der Waals surface area contributed by atoms with Gasteiger partial charge in [-0.2, -0.15) is 5.26 Å². The molecule has 0 aliphatic carbocycles. The number of rotatable bonds is 7. The molecule has 0 unspecified atom stereocenters. The van der Waals surface area contributed by atoms with E-state index in [0.29, 0.717) is 23.4 Å². The van der Waals surface area contributed by atoms with Gasteiger partial charge in [-0.15, -0.1) is 0 Å². The number of halogens is 7. The number of ether oxygens (including phenoxy) is 1. The van der Waals surface area contributed by atoms with Gasteiger partial charge in [0.25, 0.3) is 0 Å². The molecule has 20 heteroatoms. The topological polar surface area (TPSA) is 138 Å². The van der Waals surface area contributed by atoms with Crippen LogP contribution in [0.2, 0.25) is 0 Å². The Morgan fingerprint density at radius 3 is 0.964 bits per heavy atom. The van der Waals surface area contributed by atoms with Crippen molar-refractivity contribution >= 4 is 308 Å².